The van der Waals surface area contributed by atoms with Gasteiger partial charge in [0, 0.05) is 38.4 Å². The van der Waals surface area contributed by atoms with Crippen LogP contribution < -0.4 is 5.32 Å². The van der Waals surface area contributed by atoms with Crippen LogP contribution in [-0.4, -0.2) is 35.9 Å². The van der Waals surface area contributed by atoms with Crippen molar-refractivity contribution in [3.8, 4) is 0 Å². The summed E-state index contributed by atoms with van der Waals surface area (Å²) in [5.41, 5.74) is 1.10. The van der Waals surface area contributed by atoms with E-state index in [1.165, 1.54) is 6.07 Å². The number of nitrogens with zero attached hydrogens (tertiary/aromatic N) is 2. The lowest BCUT2D eigenvalue weighted by Gasteiger charge is -2.10. The first-order chi connectivity index (χ1) is 9.74. The summed E-state index contributed by atoms with van der Waals surface area (Å²) >= 11 is 0. The zero-order valence-corrected chi connectivity index (χ0v) is 11.1. The maximum Gasteiger partial charge on any atom is 0.161 e. The highest BCUT2D eigenvalue weighted by Gasteiger charge is 2.14. The van der Waals surface area contributed by atoms with E-state index in [1.54, 1.807) is 6.33 Å². The second kappa shape index (κ2) is 5.85. The van der Waals surface area contributed by atoms with Gasteiger partial charge in [0.25, 0.3) is 0 Å². The fourth-order valence-electron chi connectivity index (χ4n) is 2.48. The van der Waals surface area contributed by atoms with E-state index in [2.05, 4.69) is 10.3 Å². The van der Waals surface area contributed by atoms with Crippen LogP contribution in [0.4, 0.5) is 8.78 Å². The zero-order valence-electron chi connectivity index (χ0n) is 11.1. The minimum absolute atomic E-state index is 0.480. The molecule has 1 aromatic carbocycles. The van der Waals surface area contributed by atoms with E-state index >= 15 is 0 Å². The third-order valence-electron chi connectivity index (χ3n) is 3.65. The normalized spacial score (nSPS) is 19.0. The number of fused-ring (bicyclic) bond motifs is 1. The minimum Gasteiger partial charge on any atom is -0.381 e. The first-order valence-electron chi connectivity index (χ1n) is 6.82. The van der Waals surface area contributed by atoms with Crippen LogP contribution >= 0.6 is 0 Å². The van der Waals surface area contributed by atoms with Gasteiger partial charge in [0.2, 0.25) is 0 Å². The van der Waals surface area contributed by atoms with Crippen molar-refractivity contribution in [2.24, 2.45) is 5.92 Å². The molecule has 1 fully saturated rings. The van der Waals surface area contributed by atoms with Crippen LogP contribution in [0.5, 0.6) is 0 Å². The molecular formula is C14H17F2N3O. The topological polar surface area (TPSA) is 39.1 Å². The van der Waals surface area contributed by atoms with Crippen LogP contribution in [0.2, 0.25) is 0 Å². The van der Waals surface area contributed by atoms with Crippen molar-refractivity contribution < 1.29 is 13.5 Å². The van der Waals surface area contributed by atoms with Crippen LogP contribution in [0.3, 0.4) is 0 Å². The predicted octanol–water partition coefficient (Wildman–Crippen LogP) is 1.94. The van der Waals surface area contributed by atoms with Gasteiger partial charge in [-0.1, -0.05) is 0 Å². The quantitative estimate of drug-likeness (QED) is 0.851. The first kappa shape index (κ1) is 13.5. The molecule has 1 aliphatic heterocycles. The van der Waals surface area contributed by atoms with E-state index in [0.29, 0.717) is 23.5 Å². The Hall–Kier alpha value is -1.53. The van der Waals surface area contributed by atoms with Crippen LogP contribution in [0.1, 0.15) is 6.42 Å². The van der Waals surface area contributed by atoms with Gasteiger partial charge in [-0.3, -0.25) is 0 Å². The molecule has 20 heavy (non-hydrogen) atoms. The van der Waals surface area contributed by atoms with E-state index in [0.717, 1.165) is 38.8 Å². The first-order valence-corrected chi connectivity index (χ1v) is 6.82. The summed E-state index contributed by atoms with van der Waals surface area (Å²) in [4.78, 5) is 4.09. The highest BCUT2D eigenvalue weighted by molar-refractivity contribution is 5.75. The van der Waals surface area contributed by atoms with Gasteiger partial charge in [0.15, 0.2) is 11.6 Å². The van der Waals surface area contributed by atoms with Crippen LogP contribution in [0, 0.1) is 17.6 Å². The van der Waals surface area contributed by atoms with Crippen molar-refractivity contribution in [3.63, 3.8) is 0 Å². The number of rotatable bonds is 5. The molecule has 1 unspecified atom stereocenters. The van der Waals surface area contributed by atoms with Crippen molar-refractivity contribution in [1.82, 2.24) is 14.9 Å². The summed E-state index contributed by atoms with van der Waals surface area (Å²) in [5, 5.41) is 3.36. The monoisotopic (exact) mass is 281 g/mol. The Balaban J connectivity index is 1.58. The maximum atomic E-state index is 13.3. The Bertz CT molecular complexity index is 593. The smallest absolute Gasteiger partial charge is 0.161 e. The number of imidazole rings is 1. The van der Waals surface area contributed by atoms with Crippen molar-refractivity contribution in [1.29, 1.82) is 0 Å². The molecule has 0 radical (unpaired) electrons. The third-order valence-corrected chi connectivity index (χ3v) is 3.65. The molecule has 0 amide bonds. The molecule has 0 bridgehead atoms. The van der Waals surface area contributed by atoms with Crippen LogP contribution in [0.15, 0.2) is 18.5 Å². The Morgan fingerprint density at radius 2 is 2.20 bits per heavy atom. The molecule has 1 N–H and O–H groups in total. The summed E-state index contributed by atoms with van der Waals surface area (Å²) in [5.74, 6) is -1.11. The number of ether oxygens (including phenoxy) is 1. The van der Waals surface area contributed by atoms with E-state index in [-0.39, 0.29) is 0 Å². The molecule has 3 rings (SSSR count). The molecule has 2 heterocycles. The summed E-state index contributed by atoms with van der Waals surface area (Å²) in [6, 6.07) is 2.33. The minimum atomic E-state index is -0.859. The van der Waals surface area contributed by atoms with Gasteiger partial charge in [-0.15, -0.1) is 0 Å². The molecule has 1 aromatic heterocycles. The van der Waals surface area contributed by atoms with Crippen LogP contribution in [0.25, 0.3) is 11.0 Å². The highest BCUT2D eigenvalue weighted by atomic mass is 19.2. The zero-order chi connectivity index (χ0) is 13.9. The standard InChI is InChI=1S/C14H17F2N3O/c15-11-5-13-14(6-12(11)16)19(9-18-13)3-2-17-7-10-1-4-20-8-10/h5-6,9-10,17H,1-4,7-8H2. The molecular weight excluding hydrogens is 264 g/mol. The molecule has 6 heteroatoms. The van der Waals surface area contributed by atoms with Crippen molar-refractivity contribution >= 4 is 11.0 Å². The molecule has 0 saturated carbocycles. The molecule has 0 spiro atoms. The number of hydrogen-bond acceptors (Lipinski definition) is 3. The van der Waals surface area contributed by atoms with Gasteiger partial charge in [-0.05, 0) is 12.3 Å². The number of nitrogens with one attached hydrogen (secondary N) is 1. The van der Waals surface area contributed by atoms with E-state index in [4.69, 9.17) is 4.74 Å². The van der Waals surface area contributed by atoms with Gasteiger partial charge in [0.1, 0.15) is 0 Å². The Morgan fingerprint density at radius 1 is 1.35 bits per heavy atom. The van der Waals surface area contributed by atoms with Crippen LogP contribution in [-0.2, 0) is 11.3 Å². The SMILES string of the molecule is Fc1cc2ncn(CCNCC3CCOC3)c2cc1F. The predicted molar refractivity (Wildman–Crippen MR) is 71.4 cm³/mol. The van der Waals surface area contributed by atoms with Crippen molar-refractivity contribution in [2.45, 2.75) is 13.0 Å². The Kier molecular flexibility index (Phi) is 3.93. The lowest BCUT2D eigenvalue weighted by Crippen LogP contribution is -2.26. The third kappa shape index (κ3) is 2.81. The largest absolute Gasteiger partial charge is 0.381 e. The van der Waals surface area contributed by atoms with Crippen molar-refractivity contribution in [3.05, 3.63) is 30.1 Å². The molecule has 108 valence electrons. The molecule has 2 aromatic rings. The summed E-state index contributed by atoms with van der Waals surface area (Å²) in [6.45, 7) is 4.04. The van der Waals surface area contributed by atoms with Gasteiger partial charge in [0.05, 0.1) is 24.0 Å². The lowest BCUT2D eigenvalue weighted by atomic mass is 10.1. The average Bonchev–Trinajstić information content (AvgIpc) is 3.06. The van der Waals surface area contributed by atoms with E-state index < -0.39 is 11.6 Å². The van der Waals surface area contributed by atoms with Crippen molar-refractivity contribution in [2.75, 3.05) is 26.3 Å². The summed E-state index contributed by atoms with van der Waals surface area (Å²) in [7, 11) is 0. The lowest BCUT2D eigenvalue weighted by molar-refractivity contribution is 0.185. The summed E-state index contributed by atoms with van der Waals surface area (Å²) in [6.07, 6.45) is 2.72. The number of hydrogen-bond donors (Lipinski definition) is 1. The second-order valence-electron chi connectivity index (χ2n) is 5.13. The molecule has 0 aliphatic carbocycles. The average molecular weight is 281 g/mol. The van der Waals surface area contributed by atoms with Gasteiger partial charge < -0.3 is 14.6 Å². The summed E-state index contributed by atoms with van der Waals surface area (Å²) < 4.78 is 33.5. The Morgan fingerprint density at radius 3 is 3.00 bits per heavy atom. The fourth-order valence-corrected chi connectivity index (χ4v) is 2.48. The van der Waals surface area contributed by atoms with Gasteiger partial charge in [-0.25, -0.2) is 13.8 Å². The number of benzene rings is 1. The fraction of sp³-hybridized carbons (Fsp3) is 0.500. The number of aromatic nitrogens is 2. The second-order valence-corrected chi connectivity index (χ2v) is 5.13. The highest BCUT2D eigenvalue weighted by Crippen LogP contribution is 2.17. The molecule has 1 atom stereocenters. The Labute approximate surface area is 115 Å². The van der Waals surface area contributed by atoms with E-state index in [1.807, 2.05) is 4.57 Å². The maximum absolute atomic E-state index is 13.3. The molecule has 1 saturated heterocycles. The van der Waals surface area contributed by atoms with Gasteiger partial charge >= 0.3 is 0 Å². The van der Waals surface area contributed by atoms with Gasteiger partial charge in [-0.2, -0.15) is 0 Å². The molecule has 4 nitrogen and oxygen atoms in total. The van der Waals surface area contributed by atoms with E-state index in [9.17, 15) is 8.78 Å². The number of halogens is 2. The molecule has 1 aliphatic rings.